The van der Waals surface area contributed by atoms with Crippen molar-refractivity contribution in [2.24, 2.45) is 0 Å². The number of non-ortho nitro benzene ring substituents is 1. The molecule has 0 radical (unpaired) electrons. The first-order valence-corrected chi connectivity index (χ1v) is 5.95. The molecule has 1 fully saturated rings. The Hall–Kier alpha value is -1.73. The van der Waals surface area contributed by atoms with Gasteiger partial charge in [0.15, 0.2) is 0 Å². The fourth-order valence-corrected chi connectivity index (χ4v) is 2.11. The number of hydrogen-bond donors (Lipinski definition) is 1. The molecule has 110 valence electrons. The predicted molar refractivity (Wildman–Crippen MR) is 73.7 cm³/mol. The molecule has 1 aromatic carbocycles. The van der Waals surface area contributed by atoms with Gasteiger partial charge in [-0.15, -0.1) is 12.4 Å². The summed E-state index contributed by atoms with van der Waals surface area (Å²) in [6.07, 6.45) is 0. The number of hydrogen-bond acceptors (Lipinski definition) is 4. The van der Waals surface area contributed by atoms with Gasteiger partial charge in [0.05, 0.1) is 11.0 Å². The van der Waals surface area contributed by atoms with Gasteiger partial charge in [0.25, 0.3) is 11.6 Å². The van der Waals surface area contributed by atoms with Crippen LogP contribution in [0.25, 0.3) is 0 Å². The van der Waals surface area contributed by atoms with Crippen LogP contribution in [0.3, 0.4) is 0 Å². The zero-order valence-corrected chi connectivity index (χ0v) is 11.7. The first kappa shape index (κ1) is 16.3. The van der Waals surface area contributed by atoms with E-state index < -0.39 is 16.4 Å². The zero-order valence-electron chi connectivity index (χ0n) is 10.8. The lowest BCUT2D eigenvalue weighted by Crippen LogP contribution is -2.52. The molecule has 0 unspecified atom stereocenters. The Morgan fingerprint density at radius 2 is 2.20 bits per heavy atom. The number of nitrogens with one attached hydrogen (secondary N) is 1. The molecular weight excluding hydrogens is 289 g/mol. The third-order valence-electron chi connectivity index (χ3n) is 3.10. The minimum Gasteiger partial charge on any atom is -0.333 e. The molecule has 6 nitrogen and oxygen atoms in total. The summed E-state index contributed by atoms with van der Waals surface area (Å²) in [7, 11) is 0. The van der Waals surface area contributed by atoms with Crippen LogP contribution in [0.15, 0.2) is 18.2 Å². The van der Waals surface area contributed by atoms with Crippen LogP contribution < -0.4 is 5.32 Å². The lowest BCUT2D eigenvalue weighted by molar-refractivity contribution is -0.385. The van der Waals surface area contributed by atoms with Crippen molar-refractivity contribution in [3.05, 3.63) is 39.7 Å². The number of nitrogens with zero attached hydrogens (tertiary/aromatic N) is 2. The summed E-state index contributed by atoms with van der Waals surface area (Å²) in [6, 6.07) is 2.92. The summed E-state index contributed by atoms with van der Waals surface area (Å²) in [5.41, 5.74) is -0.397. The predicted octanol–water partition coefficient (Wildman–Crippen LogP) is 1.59. The van der Waals surface area contributed by atoms with Crippen LogP contribution in [-0.4, -0.2) is 41.4 Å². The Labute approximate surface area is 121 Å². The van der Waals surface area contributed by atoms with Gasteiger partial charge in [0, 0.05) is 37.3 Å². The number of amides is 1. The maximum atomic E-state index is 13.3. The summed E-state index contributed by atoms with van der Waals surface area (Å²) >= 11 is 0. The quantitative estimate of drug-likeness (QED) is 0.665. The lowest BCUT2D eigenvalue weighted by atomic mass is 10.1. The van der Waals surface area contributed by atoms with E-state index in [-0.39, 0.29) is 29.9 Å². The van der Waals surface area contributed by atoms with Crippen molar-refractivity contribution in [1.82, 2.24) is 10.2 Å². The molecule has 0 spiro atoms. The molecular formula is C12H15ClFN3O3. The van der Waals surface area contributed by atoms with Crippen molar-refractivity contribution in [3.8, 4) is 0 Å². The SMILES string of the molecule is C[C@H]1CNCCN1C(=O)c1cc(F)cc([N+](=O)[O-])c1.Cl. The summed E-state index contributed by atoms with van der Waals surface area (Å²) in [4.78, 5) is 23.8. The largest absolute Gasteiger partial charge is 0.333 e. The smallest absolute Gasteiger partial charge is 0.273 e. The number of carbonyl (C=O) groups is 1. The number of halogens is 2. The molecule has 1 atom stereocenters. The Kier molecular flexibility index (Phi) is 5.41. The van der Waals surface area contributed by atoms with Crippen molar-refractivity contribution in [1.29, 1.82) is 0 Å². The van der Waals surface area contributed by atoms with Crippen molar-refractivity contribution in [2.75, 3.05) is 19.6 Å². The molecule has 1 aliphatic heterocycles. The van der Waals surface area contributed by atoms with Crippen LogP contribution in [0.2, 0.25) is 0 Å². The molecule has 8 heteroatoms. The van der Waals surface area contributed by atoms with Gasteiger partial charge in [0.2, 0.25) is 0 Å². The maximum absolute atomic E-state index is 13.3. The molecule has 0 aromatic heterocycles. The molecule has 1 aliphatic rings. The summed E-state index contributed by atoms with van der Waals surface area (Å²) in [5.74, 6) is -1.16. The normalized spacial score (nSPS) is 18.3. The van der Waals surface area contributed by atoms with Crippen LogP contribution >= 0.6 is 12.4 Å². The Balaban J connectivity index is 0.00000200. The summed E-state index contributed by atoms with van der Waals surface area (Å²) in [6.45, 7) is 3.69. The second kappa shape index (κ2) is 6.62. The highest BCUT2D eigenvalue weighted by atomic mass is 35.5. The van der Waals surface area contributed by atoms with Crippen LogP contribution in [0.1, 0.15) is 17.3 Å². The third-order valence-corrected chi connectivity index (χ3v) is 3.10. The van der Waals surface area contributed by atoms with E-state index in [2.05, 4.69) is 5.32 Å². The standard InChI is InChI=1S/C12H14FN3O3.ClH/c1-8-7-14-2-3-15(8)12(17)9-4-10(13)6-11(5-9)16(18)19;/h4-6,8,14H,2-3,7H2,1H3;1H/t8-;/m0./s1. The second-order valence-corrected chi connectivity index (χ2v) is 4.51. The molecule has 1 aromatic rings. The van der Waals surface area contributed by atoms with E-state index in [1.807, 2.05) is 6.92 Å². The van der Waals surface area contributed by atoms with Crippen LogP contribution in [0.4, 0.5) is 10.1 Å². The van der Waals surface area contributed by atoms with Gasteiger partial charge < -0.3 is 10.2 Å². The Morgan fingerprint density at radius 1 is 1.50 bits per heavy atom. The Morgan fingerprint density at radius 3 is 2.80 bits per heavy atom. The number of nitro groups is 1. The van der Waals surface area contributed by atoms with Crippen LogP contribution in [0, 0.1) is 15.9 Å². The van der Waals surface area contributed by atoms with E-state index in [1.165, 1.54) is 0 Å². The van der Waals surface area contributed by atoms with Gasteiger partial charge in [-0.2, -0.15) is 0 Å². The lowest BCUT2D eigenvalue weighted by Gasteiger charge is -2.34. The summed E-state index contributed by atoms with van der Waals surface area (Å²) < 4.78 is 13.3. The highest BCUT2D eigenvalue weighted by Gasteiger charge is 2.25. The van der Waals surface area contributed by atoms with Crippen LogP contribution in [-0.2, 0) is 0 Å². The van der Waals surface area contributed by atoms with Gasteiger partial charge in [-0.1, -0.05) is 0 Å². The van der Waals surface area contributed by atoms with E-state index in [9.17, 15) is 19.3 Å². The number of nitro benzene ring substituents is 1. The first-order valence-electron chi connectivity index (χ1n) is 5.95. The number of piperazine rings is 1. The molecule has 1 saturated heterocycles. The van der Waals surface area contributed by atoms with Gasteiger partial charge >= 0.3 is 0 Å². The number of carbonyl (C=O) groups excluding carboxylic acids is 1. The number of rotatable bonds is 2. The third kappa shape index (κ3) is 3.43. The summed E-state index contributed by atoms with van der Waals surface area (Å²) in [5, 5.41) is 13.8. The van der Waals surface area contributed by atoms with Crippen molar-refractivity contribution in [2.45, 2.75) is 13.0 Å². The minimum absolute atomic E-state index is 0. The van der Waals surface area contributed by atoms with E-state index in [1.54, 1.807) is 4.90 Å². The molecule has 0 saturated carbocycles. The van der Waals surface area contributed by atoms with Gasteiger partial charge in [-0.25, -0.2) is 4.39 Å². The first-order chi connectivity index (χ1) is 8.99. The molecule has 1 N–H and O–H groups in total. The highest BCUT2D eigenvalue weighted by molar-refractivity contribution is 5.95. The fraction of sp³-hybridized carbons (Fsp3) is 0.417. The number of benzene rings is 1. The van der Waals surface area contributed by atoms with Crippen molar-refractivity contribution >= 4 is 24.0 Å². The highest BCUT2D eigenvalue weighted by Crippen LogP contribution is 2.19. The monoisotopic (exact) mass is 303 g/mol. The van der Waals surface area contributed by atoms with Crippen molar-refractivity contribution < 1.29 is 14.1 Å². The van der Waals surface area contributed by atoms with E-state index in [0.717, 1.165) is 18.2 Å². The molecule has 0 bridgehead atoms. The van der Waals surface area contributed by atoms with E-state index in [0.29, 0.717) is 19.6 Å². The molecule has 20 heavy (non-hydrogen) atoms. The zero-order chi connectivity index (χ0) is 14.0. The van der Waals surface area contributed by atoms with Crippen LogP contribution in [0.5, 0.6) is 0 Å². The van der Waals surface area contributed by atoms with Gasteiger partial charge in [-0.3, -0.25) is 14.9 Å². The second-order valence-electron chi connectivity index (χ2n) is 4.51. The minimum atomic E-state index is -0.777. The molecule has 0 aliphatic carbocycles. The van der Waals surface area contributed by atoms with Gasteiger partial charge in [-0.05, 0) is 13.0 Å². The van der Waals surface area contributed by atoms with E-state index in [4.69, 9.17) is 0 Å². The topological polar surface area (TPSA) is 75.5 Å². The average molecular weight is 304 g/mol. The van der Waals surface area contributed by atoms with Crippen molar-refractivity contribution in [3.63, 3.8) is 0 Å². The average Bonchev–Trinajstić information content (AvgIpc) is 2.37. The van der Waals surface area contributed by atoms with E-state index >= 15 is 0 Å². The fourth-order valence-electron chi connectivity index (χ4n) is 2.11. The Bertz CT molecular complexity index is 527. The maximum Gasteiger partial charge on any atom is 0.273 e. The molecule has 1 amide bonds. The molecule has 1 heterocycles. The molecule has 2 rings (SSSR count). The van der Waals surface area contributed by atoms with Gasteiger partial charge in [0.1, 0.15) is 5.82 Å².